The van der Waals surface area contributed by atoms with E-state index in [-0.39, 0.29) is 11.5 Å². The second-order valence-corrected chi connectivity index (χ2v) is 11.3. The monoisotopic (exact) mass is 709 g/mol. The van der Waals surface area contributed by atoms with Crippen LogP contribution >= 0.6 is 59.4 Å². The fourth-order valence-electron chi connectivity index (χ4n) is 3.62. The predicted molar refractivity (Wildman–Crippen MR) is 160 cm³/mol. The maximum Gasteiger partial charge on any atom is 0.282 e. The van der Waals surface area contributed by atoms with Gasteiger partial charge in [0.15, 0.2) is 11.5 Å². The van der Waals surface area contributed by atoms with Crippen molar-refractivity contribution in [2.24, 2.45) is 5.10 Å². The number of hydrogen-bond donors (Lipinski definition) is 0. The van der Waals surface area contributed by atoms with Crippen LogP contribution in [0.1, 0.15) is 43.1 Å². The van der Waals surface area contributed by atoms with Crippen LogP contribution in [0.15, 0.2) is 71.8 Å². The first-order chi connectivity index (χ1) is 17.7. The Bertz CT molecular complexity index is 1540. The number of halogens is 4. The van der Waals surface area contributed by atoms with Gasteiger partial charge in [-0.15, -0.1) is 0 Å². The van der Waals surface area contributed by atoms with Gasteiger partial charge in [0.1, 0.15) is 12.4 Å². The molecule has 0 aliphatic carbocycles. The minimum atomic E-state index is -0.233. The van der Waals surface area contributed by atoms with Gasteiger partial charge in [-0.25, -0.2) is 4.98 Å². The molecule has 0 aliphatic heterocycles. The Morgan fingerprint density at radius 3 is 2.51 bits per heavy atom. The van der Waals surface area contributed by atoms with E-state index < -0.39 is 0 Å². The van der Waals surface area contributed by atoms with E-state index in [1.807, 2.05) is 43.3 Å². The molecule has 0 saturated heterocycles. The molecule has 0 bridgehead atoms. The van der Waals surface area contributed by atoms with E-state index in [2.05, 4.69) is 59.8 Å². The summed E-state index contributed by atoms with van der Waals surface area (Å²) in [4.78, 5) is 18.2. The van der Waals surface area contributed by atoms with E-state index in [1.54, 1.807) is 25.5 Å². The van der Waals surface area contributed by atoms with Gasteiger partial charge in [0.05, 0.1) is 28.7 Å². The Morgan fingerprint density at radius 2 is 1.84 bits per heavy atom. The topological polar surface area (TPSA) is 65.7 Å². The second kappa shape index (κ2) is 12.1. The molecule has 10 heteroatoms. The van der Waals surface area contributed by atoms with Crippen LogP contribution in [-0.2, 0) is 6.61 Å². The van der Waals surface area contributed by atoms with Crippen LogP contribution in [-0.4, -0.2) is 23.0 Å². The molecular weight excluding hydrogens is 689 g/mol. The minimum absolute atomic E-state index is 0.0336. The number of rotatable bonds is 8. The molecule has 0 aliphatic rings. The number of fused-ring (bicyclic) bond motifs is 1. The van der Waals surface area contributed by atoms with Crippen molar-refractivity contribution in [3.8, 4) is 11.5 Å². The first kappa shape index (κ1) is 27.8. The molecule has 1 aromatic heterocycles. The zero-order valence-corrected chi connectivity index (χ0v) is 25.8. The van der Waals surface area contributed by atoms with Crippen molar-refractivity contribution in [1.29, 1.82) is 0 Å². The summed E-state index contributed by atoms with van der Waals surface area (Å²) in [6, 6.07) is 14.7. The van der Waals surface area contributed by atoms with Crippen LogP contribution in [0.3, 0.4) is 0 Å². The highest BCUT2D eigenvalue weighted by molar-refractivity contribution is 9.13. The van der Waals surface area contributed by atoms with Gasteiger partial charge in [0, 0.05) is 25.4 Å². The molecule has 37 heavy (non-hydrogen) atoms. The van der Waals surface area contributed by atoms with Gasteiger partial charge in [-0.05, 0) is 80.2 Å². The van der Waals surface area contributed by atoms with Gasteiger partial charge in [0.2, 0.25) is 0 Å². The lowest BCUT2D eigenvalue weighted by Gasteiger charge is -2.16. The fraction of sp³-hybridized carbons (Fsp3) is 0.222. The first-order valence-electron chi connectivity index (χ1n) is 11.4. The predicted octanol–water partition coefficient (Wildman–Crippen LogP) is 8.32. The zero-order valence-electron chi connectivity index (χ0n) is 20.3. The van der Waals surface area contributed by atoms with Crippen molar-refractivity contribution in [1.82, 2.24) is 9.66 Å². The lowest BCUT2D eigenvalue weighted by molar-refractivity contribution is 0.282. The van der Waals surface area contributed by atoms with E-state index in [0.29, 0.717) is 54.4 Å². The van der Waals surface area contributed by atoms with Crippen LogP contribution < -0.4 is 15.0 Å². The number of aromatic nitrogens is 2. The first-order valence-corrected chi connectivity index (χ1v) is 14.2. The van der Waals surface area contributed by atoms with Crippen molar-refractivity contribution < 1.29 is 9.47 Å². The molecule has 0 saturated carbocycles. The molecule has 0 N–H and O–H groups in total. The molecular formula is C27H23Br3ClN3O3. The molecule has 4 aromatic rings. The SMILES string of the molecule is CC[C@H](C)c1nc2ccc(Br)cc2c(=O)n1N=Cc1cc(OC)c(OCc2ccc(Cl)cc2)c(Br)c1Br. The third-order valence-corrected chi connectivity index (χ3v) is 8.76. The molecule has 1 atom stereocenters. The average Bonchev–Trinajstić information content (AvgIpc) is 2.90. The number of hydrogen-bond acceptors (Lipinski definition) is 5. The van der Waals surface area contributed by atoms with Crippen LogP contribution in [0.25, 0.3) is 10.9 Å². The summed E-state index contributed by atoms with van der Waals surface area (Å²) in [6.07, 6.45) is 2.42. The van der Waals surface area contributed by atoms with Crippen molar-refractivity contribution in [2.75, 3.05) is 7.11 Å². The Balaban J connectivity index is 1.74. The average molecular weight is 713 g/mol. The Morgan fingerprint density at radius 1 is 1.11 bits per heavy atom. The van der Waals surface area contributed by atoms with E-state index >= 15 is 0 Å². The molecule has 0 unspecified atom stereocenters. The van der Waals surface area contributed by atoms with Crippen LogP contribution in [0.2, 0.25) is 5.02 Å². The molecule has 3 aromatic carbocycles. The van der Waals surface area contributed by atoms with E-state index in [9.17, 15) is 4.79 Å². The molecule has 192 valence electrons. The minimum Gasteiger partial charge on any atom is -0.493 e. The van der Waals surface area contributed by atoms with Crippen LogP contribution in [0.4, 0.5) is 0 Å². The number of ether oxygens (including phenoxy) is 2. The summed E-state index contributed by atoms with van der Waals surface area (Å²) in [5.41, 5.74) is 2.07. The summed E-state index contributed by atoms with van der Waals surface area (Å²) < 4.78 is 15.2. The van der Waals surface area contributed by atoms with Crippen molar-refractivity contribution in [3.05, 3.63) is 94.3 Å². The van der Waals surface area contributed by atoms with Crippen molar-refractivity contribution in [2.45, 2.75) is 32.8 Å². The smallest absolute Gasteiger partial charge is 0.282 e. The molecule has 0 radical (unpaired) electrons. The van der Waals surface area contributed by atoms with Gasteiger partial charge in [-0.2, -0.15) is 9.78 Å². The summed E-state index contributed by atoms with van der Waals surface area (Å²) in [5, 5.41) is 5.73. The third-order valence-electron chi connectivity index (χ3n) is 5.87. The van der Waals surface area contributed by atoms with Gasteiger partial charge in [-0.3, -0.25) is 4.79 Å². The van der Waals surface area contributed by atoms with Gasteiger partial charge >= 0.3 is 0 Å². The van der Waals surface area contributed by atoms with Crippen LogP contribution in [0.5, 0.6) is 11.5 Å². The standard InChI is InChI=1S/C27H23Br3ClN3O3/c1-4-15(2)26-33-21-10-7-18(28)12-20(21)27(35)34(26)32-13-17-11-22(36-3)25(24(30)23(17)29)37-14-16-5-8-19(31)9-6-16/h5-13,15H,4,14H2,1-3H3/t15-/m0/s1. The molecule has 6 nitrogen and oxygen atoms in total. The maximum absolute atomic E-state index is 13.4. The van der Waals surface area contributed by atoms with Gasteiger partial charge < -0.3 is 9.47 Å². The lowest BCUT2D eigenvalue weighted by atomic mass is 10.1. The largest absolute Gasteiger partial charge is 0.493 e. The Labute approximate surface area is 245 Å². The highest BCUT2D eigenvalue weighted by Gasteiger charge is 2.18. The quantitative estimate of drug-likeness (QED) is 0.173. The van der Waals surface area contributed by atoms with Gasteiger partial charge in [0.25, 0.3) is 5.56 Å². The van der Waals surface area contributed by atoms with Gasteiger partial charge in [-0.1, -0.05) is 53.5 Å². The lowest BCUT2D eigenvalue weighted by Crippen LogP contribution is -2.23. The van der Waals surface area contributed by atoms with E-state index in [4.69, 9.17) is 26.1 Å². The summed E-state index contributed by atoms with van der Waals surface area (Å²) >= 11 is 16.7. The highest BCUT2D eigenvalue weighted by atomic mass is 79.9. The Hall–Kier alpha value is -2.20. The molecule has 4 rings (SSSR count). The number of nitrogens with zero attached hydrogens (tertiary/aromatic N) is 3. The molecule has 0 fully saturated rings. The van der Waals surface area contributed by atoms with Crippen molar-refractivity contribution >= 4 is 76.5 Å². The zero-order chi connectivity index (χ0) is 26.7. The number of benzene rings is 3. The fourth-order valence-corrected chi connectivity index (χ4v) is 5.04. The summed E-state index contributed by atoms with van der Waals surface area (Å²) in [5.74, 6) is 1.69. The maximum atomic E-state index is 13.4. The third kappa shape index (κ3) is 6.11. The normalized spacial score (nSPS) is 12.3. The summed E-state index contributed by atoms with van der Waals surface area (Å²) in [6.45, 7) is 4.41. The van der Waals surface area contributed by atoms with E-state index in [1.165, 1.54) is 4.68 Å². The van der Waals surface area contributed by atoms with E-state index in [0.717, 1.165) is 16.5 Å². The summed E-state index contributed by atoms with van der Waals surface area (Å²) in [7, 11) is 1.57. The molecule has 0 spiro atoms. The van der Waals surface area contributed by atoms with Crippen LogP contribution in [0, 0.1) is 0 Å². The van der Waals surface area contributed by atoms with Crippen molar-refractivity contribution in [3.63, 3.8) is 0 Å². The number of methoxy groups -OCH3 is 1. The Kier molecular flexibility index (Phi) is 9.11. The molecule has 0 amide bonds. The molecule has 1 heterocycles. The second-order valence-electron chi connectivity index (χ2n) is 8.34. The highest BCUT2D eigenvalue weighted by Crippen LogP contribution is 2.42.